The van der Waals surface area contributed by atoms with Gasteiger partial charge in [0.05, 0.1) is 0 Å². The van der Waals surface area contributed by atoms with E-state index in [4.69, 9.17) is 0 Å². The van der Waals surface area contributed by atoms with Gasteiger partial charge in [-0.15, -0.1) is 0 Å². The second kappa shape index (κ2) is 5.22. The molecule has 21 heavy (non-hydrogen) atoms. The molecule has 0 saturated heterocycles. The van der Waals surface area contributed by atoms with E-state index in [-0.39, 0.29) is 30.0 Å². The number of halogens is 3. The van der Waals surface area contributed by atoms with Gasteiger partial charge < -0.3 is 4.18 Å². The van der Waals surface area contributed by atoms with Gasteiger partial charge in [0, 0.05) is 12.3 Å². The normalized spacial score (nSPS) is 12.6. The Balaban J connectivity index is 2.68. The van der Waals surface area contributed by atoms with Crippen molar-refractivity contribution in [3.8, 4) is 5.75 Å². The van der Waals surface area contributed by atoms with Crippen LogP contribution in [0.25, 0.3) is 10.8 Å². The number of hydrogen-bond acceptors (Lipinski definition) is 3. The third kappa shape index (κ3) is 2.83. The van der Waals surface area contributed by atoms with Crippen LogP contribution in [0.15, 0.2) is 30.3 Å². The summed E-state index contributed by atoms with van der Waals surface area (Å²) in [4.78, 5) is 0. The molecular weight excluding hydrogens is 305 g/mol. The number of rotatable bonds is 4. The molecule has 2 aromatic rings. The lowest BCUT2D eigenvalue weighted by Crippen LogP contribution is -2.29. The maximum Gasteiger partial charge on any atom is 0.377 e. The monoisotopic (exact) mass is 318 g/mol. The zero-order chi connectivity index (χ0) is 15.8. The fraction of sp³-hybridized carbons (Fsp3) is 0.286. The Bertz CT molecular complexity index is 780. The van der Waals surface area contributed by atoms with Crippen LogP contribution in [0.4, 0.5) is 13.2 Å². The number of fused-ring (bicyclic) bond motifs is 1. The van der Waals surface area contributed by atoms with Crippen LogP contribution in [0.5, 0.6) is 5.75 Å². The predicted molar refractivity (Wildman–Crippen MR) is 73.5 cm³/mol. The Morgan fingerprint density at radius 1 is 1.19 bits per heavy atom. The van der Waals surface area contributed by atoms with E-state index in [0.717, 1.165) is 0 Å². The summed E-state index contributed by atoms with van der Waals surface area (Å²) >= 11 is 0. The fourth-order valence-electron chi connectivity index (χ4n) is 2.00. The van der Waals surface area contributed by atoms with E-state index in [1.54, 1.807) is 13.0 Å². The van der Waals surface area contributed by atoms with Gasteiger partial charge in [0.1, 0.15) is 5.82 Å². The van der Waals surface area contributed by atoms with Crippen molar-refractivity contribution < 1.29 is 25.8 Å². The van der Waals surface area contributed by atoms with Crippen LogP contribution in [0.1, 0.15) is 19.4 Å². The minimum atomic E-state index is -5.14. The first-order chi connectivity index (χ1) is 9.67. The van der Waals surface area contributed by atoms with Crippen molar-refractivity contribution in [3.63, 3.8) is 0 Å². The molecule has 0 fully saturated rings. The second-order valence-electron chi connectivity index (χ2n) is 4.58. The topological polar surface area (TPSA) is 43.4 Å². The first-order valence-corrected chi connectivity index (χ1v) is 7.60. The molecule has 0 aromatic heterocycles. The molecule has 3 nitrogen and oxygen atoms in total. The molecule has 2 rings (SSSR count). The van der Waals surface area contributed by atoms with Crippen LogP contribution in [-0.4, -0.2) is 13.7 Å². The van der Waals surface area contributed by atoms with E-state index in [1.807, 2.05) is 0 Å². The number of aryl methyl sites for hydroxylation is 1. The van der Waals surface area contributed by atoms with Gasteiger partial charge in [-0.1, -0.05) is 25.1 Å². The summed E-state index contributed by atoms with van der Waals surface area (Å²) in [6, 6.07) is 6.99. The van der Waals surface area contributed by atoms with Crippen molar-refractivity contribution in [2.24, 2.45) is 0 Å². The van der Waals surface area contributed by atoms with Crippen LogP contribution >= 0.6 is 0 Å². The largest absolute Gasteiger partial charge is 0.378 e. The predicted octanol–water partition coefficient (Wildman–Crippen LogP) is 3.86. The SMILES string of the molecule is CCc1c(F)ccc2cccc(OS(=O)(=O)C(C)(F)F)c12. The number of hydrogen-bond donors (Lipinski definition) is 0. The molecule has 0 bridgehead atoms. The van der Waals surface area contributed by atoms with Crippen molar-refractivity contribution >= 4 is 20.9 Å². The van der Waals surface area contributed by atoms with E-state index in [2.05, 4.69) is 4.18 Å². The third-order valence-corrected chi connectivity index (χ3v) is 4.33. The van der Waals surface area contributed by atoms with E-state index < -0.39 is 21.2 Å². The average Bonchev–Trinajstić information content (AvgIpc) is 2.37. The Morgan fingerprint density at radius 2 is 1.86 bits per heavy atom. The highest BCUT2D eigenvalue weighted by Crippen LogP contribution is 2.34. The van der Waals surface area contributed by atoms with E-state index in [1.165, 1.54) is 24.3 Å². The van der Waals surface area contributed by atoms with E-state index >= 15 is 0 Å². The summed E-state index contributed by atoms with van der Waals surface area (Å²) < 4.78 is 67.4. The molecular formula is C14H13F3O3S. The van der Waals surface area contributed by atoms with Gasteiger partial charge in [-0.2, -0.15) is 17.2 Å². The van der Waals surface area contributed by atoms with Gasteiger partial charge in [0.2, 0.25) is 0 Å². The molecule has 0 aliphatic carbocycles. The van der Waals surface area contributed by atoms with Gasteiger partial charge in [-0.05, 0) is 29.5 Å². The van der Waals surface area contributed by atoms with Gasteiger partial charge >= 0.3 is 15.4 Å². The van der Waals surface area contributed by atoms with Crippen LogP contribution in [0.3, 0.4) is 0 Å². The molecule has 0 radical (unpaired) electrons. The first-order valence-electron chi connectivity index (χ1n) is 6.19. The molecule has 0 heterocycles. The molecule has 0 atom stereocenters. The maximum atomic E-state index is 13.8. The lowest BCUT2D eigenvalue weighted by atomic mass is 10.0. The minimum absolute atomic E-state index is 0.188. The van der Waals surface area contributed by atoms with Gasteiger partial charge in [0.15, 0.2) is 5.75 Å². The highest BCUT2D eigenvalue weighted by Gasteiger charge is 2.42. The second-order valence-corrected chi connectivity index (χ2v) is 6.37. The minimum Gasteiger partial charge on any atom is -0.378 e. The van der Waals surface area contributed by atoms with Crippen molar-refractivity contribution in [2.45, 2.75) is 25.5 Å². The molecule has 0 spiro atoms. The molecule has 0 saturated carbocycles. The molecule has 0 unspecified atom stereocenters. The Morgan fingerprint density at radius 3 is 2.43 bits per heavy atom. The van der Waals surface area contributed by atoms with Crippen molar-refractivity contribution in [3.05, 3.63) is 41.7 Å². The van der Waals surface area contributed by atoms with Crippen molar-refractivity contribution in [2.75, 3.05) is 0 Å². The molecule has 2 aromatic carbocycles. The lowest BCUT2D eigenvalue weighted by molar-refractivity contribution is 0.104. The Labute approximate surface area is 120 Å². The van der Waals surface area contributed by atoms with Crippen LogP contribution in [0.2, 0.25) is 0 Å². The van der Waals surface area contributed by atoms with Crippen molar-refractivity contribution in [1.29, 1.82) is 0 Å². The molecule has 0 amide bonds. The van der Waals surface area contributed by atoms with Crippen molar-refractivity contribution in [1.82, 2.24) is 0 Å². The first kappa shape index (κ1) is 15.6. The summed E-state index contributed by atoms with van der Waals surface area (Å²) in [7, 11) is -5.14. The summed E-state index contributed by atoms with van der Waals surface area (Å²) in [5.74, 6) is -0.841. The van der Waals surface area contributed by atoms with E-state index in [0.29, 0.717) is 5.39 Å². The van der Waals surface area contributed by atoms with Crippen LogP contribution in [-0.2, 0) is 16.5 Å². The Hall–Kier alpha value is -1.76. The summed E-state index contributed by atoms with van der Waals surface area (Å²) in [5.41, 5.74) is 0.220. The molecule has 0 N–H and O–H groups in total. The molecule has 7 heteroatoms. The standard InChI is InChI=1S/C14H13F3O3S/c1-3-10-11(15)8-7-9-5-4-6-12(13(9)10)20-21(18,19)14(2,16)17/h4-8H,3H2,1-2H3. The van der Waals surface area contributed by atoms with Gasteiger partial charge in [0.25, 0.3) is 0 Å². The Kier molecular flexibility index (Phi) is 3.88. The van der Waals surface area contributed by atoms with Gasteiger partial charge in [-0.25, -0.2) is 4.39 Å². The zero-order valence-electron chi connectivity index (χ0n) is 11.4. The third-order valence-electron chi connectivity index (χ3n) is 3.05. The molecule has 0 aliphatic rings. The molecule has 0 aliphatic heterocycles. The summed E-state index contributed by atoms with van der Waals surface area (Å²) in [6.07, 6.45) is 0.270. The fourth-order valence-corrected chi connectivity index (χ4v) is 2.52. The molecule has 114 valence electrons. The lowest BCUT2D eigenvalue weighted by Gasteiger charge is -2.15. The summed E-state index contributed by atoms with van der Waals surface area (Å²) in [5, 5.41) is -3.34. The smallest absolute Gasteiger partial charge is 0.377 e. The van der Waals surface area contributed by atoms with E-state index in [9.17, 15) is 21.6 Å². The highest BCUT2D eigenvalue weighted by molar-refractivity contribution is 7.88. The zero-order valence-corrected chi connectivity index (χ0v) is 12.2. The van der Waals surface area contributed by atoms with Gasteiger partial charge in [-0.3, -0.25) is 0 Å². The highest BCUT2D eigenvalue weighted by atomic mass is 32.2. The van der Waals surface area contributed by atoms with Crippen LogP contribution in [0, 0.1) is 5.82 Å². The van der Waals surface area contributed by atoms with Crippen LogP contribution < -0.4 is 4.18 Å². The number of alkyl halides is 2. The quantitative estimate of drug-likeness (QED) is 0.804. The summed E-state index contributed by atoms with van der Waals surface area (Å²) in [6.45, 7) is 1.91. The maximum absolute atomic E-state index is 13.8. The average molecular weight is 318 g/mol. The number of benzene rings is 2.